The molecule has 1 heterocycles. The van der Waals surface area contributed by atoms with Gasteiger partial charge in [0, 0.05) is 13.2 Å². The third-order valence-electron chi connectivity index (χ3n) is 3.71. The molecule has 0 radical (unpaired) electrons. The second-order valence-electron chi connectivity index (χ2n) is 5.40. The summed E-state index contributed by atoms with van der Waals surface area (Å²) in [7, 11) is 0. The van der Waals surface area contributed by atoms with E-state index in [1.165, 1.54) is 0 Å². The molecular formula is C16H21NO3. The Labute approximate surface area is 119 Å². The first-order chi connectivity index (χ1) is 9.56. The first kappa shape index (κ1) is 14.7. The Bertz CT molecular complexity index is 537. The number of anilines is 1. The van der Waals surface area contributed by atoms with Crippen molar-refractivity contribution in [2.45, 2.75) is 39.5 Å². The molecule has 0 unspecified atom stereocenters. The molecule has 0 saturated carbocycles. The van der Waals surface area contributed by atoms with Crippen LogP contribution in [-0.2, 0) is 4.79 Å². The number of benzene rings is 1. The van der Waals surface area contributed by atoms with Gasteiger partial charge in [0.1, 0.15) is 0 Å². The smallest absolute Gasteiger partial charge is 0.299 e. The zero-order chi connectivity index (χ0) is 14.7. The minimum absolute atomic E-state index is 0.211. The van der Waals surface area contributed by atoms with E-state index in [-0.39, 0.29) is 12.4 Å². The van der Waals surface area contributed by atoms with Crippen LogP contribution in [0.3, 0.4) is 0 Å². The number of rotatable bonds is 6. The van der Waals surface area contributed by atoms with Crippen molar-refractivity contribution >= 4 is 17.4 Å². The maximum Gasteiger partial charge on any atom is 0.299 e. The summed E-state index contributed by atoms with van der Waals surface area (Å²) in [6.07, 6.45) is 3.55. The van der Waals surface area contributed by atoms with E-state index in [2.05, 4.69) is 0 Å². The summed E-state index contributed by atoms with van der Waals surface area (Å²) in [5, 5.41) is 8.74. The molecule has 2 rings (SSSR count). The minimum atomic E-state index is -0.407. The molecule has 0 aliphatic carbocycles. The fraction of sp³-hybridized carbons (Fsp3) is 0.500. The monoisotopic (exact) mass is 275 g/mol. The topological polar surface area (TPSA) is 57.6 Å². The van der Waals surface area contributed by atoms with Crippen LogP contribution in [0.15, 0.2) is 12.1 Å². The van der Waals surface area contributed by atoms with Gasteiger partial charge < -0.3 is 10.0 Å². The average Bonchev–Trinajstić information content (AvgIpc) is 2.63. The van der Waals surface area contributed by atoms with Crippen LogP contribution >= 0.6 is 0 Å². The number of amides is 1. The van der Waals surface area contributed by atoms with Gasteiger partial charge in [-0.2, -0.15) is 0 Å². The maximum absolute atomic E-state index is 12.1. The van der Waals surface area contributed by atoms with Crippen molar-refractivity contribution in [2.24, 2.45) is 0 Å². The molecule has 0 spiro atoms. The van der Waals surface area contributed by atoms with Gasteiger partial charge in [-0.3, -0.25) is 9.59 Å². The number of unbranched alkanes of at least 4 members (excludes halogenated alkanes) is 3. The lowest BCUT2D eigenvalue weighted by Gasteiger charge is -2.17. The van der Waals surface area contributed by atoms with E-state index in [9.17, 15) is 9.59 Å². The summed E-state index contributed by atoms with van der Waals surface area (Å²) in [4.78, 5) is 25.7. The van der Waals surface area contributed by atoms with Crippen LogP contribution in [-0.4, -0.2) is 29.9 Å². The number of Topliss-reactive ketones (excluding diaryl/α,β-unsaturated/α-hetero) is 1. The first-order valence-corrected chi connectivity index (χ1v) is 7.14. The van der Waals surface area contributed by atoms with Crippen molar-refractivity contribution in [3.63, 3.8) is 0 Å². The van der Waals surface area contributed by atoms with E-state index in [1.807, 2.05) is 26.0 Å². The van der Waals surface area contributed by atoms with Crippen molar-refractivity contribution in [1.29, 1.82) is 0 Å². The number of nitrogens with zero attached hydrogens (tertiary/aromatic N) is 1. The van der Waals surface area contributed by atoms with Crippen LogP contribution in [0.4, 0.5) is 5.69 Å². The van der Waals surface area contributed by atoms with Crippen LogP contribution in [0.5, 0.6) is 0 Å². The quantitative estimate of drug-likeness (QED) is 0.640. The molecule has 4 heteroatoms. The molecule has 1 N–H and O–H groups in total. The molecular weight excluding hydrogens is 254 g/mol. The van der Waals surface area contributed by atoms with Gasteiger partial charge in [0.05, 0.1) is 11.3 Å². The largest absolute Gasteiger partial charge is 0.396 e. The van der Waals surface area contributed by atoms with E-state index in [0.717, 1.165) is 42.5 Å². The van der Waals surface area contributed by atoms with Gasteiger partial charge in [0.2, 0.25) is 0 Å². The fourth-order valence-corrected chi connectivity index (χ4v) is 2.75. The number of carbonyl (C=O) groups excluding carboxylic acids is 2. The second kappa shape index (κ2) is 6.18. The Morgan fingerprint density at radius 1 is 1.05 bits per heavy atom. The first-order valence-electron chi connectivity index (χ1n) is 7.14. The molecule has 0 aromatic heterocycles. The summed E-state index contributed by atoms with van der Waals surface area (Å²) in [5.41, 5.74) is 3.27. The summed E-state index contributed by atoms with van der Waals surface area (Å²) in [6, 6.07) is 3.85. The third-order valence-corrected chi connectivity index (χ3v) is 3.71. The fourth-order valence-electron chi connectivity index (χ4n) is 2.75. The molecule has 0 saturated heterocycles. The van der Waals surface area contributed by atoms with Crippen LogP contribution in [0, 0.1) is 13.8 Å². The van der Waals surface area contributed by atoms with Crippen LogP contribution in [0.1, 0.15) is 47.2 Å². The summed E-state index contributed by atoms with van der Waals surface area (Å²) in [5.74, 6) is -0.788. The Hall–Kier alpha value is -1.68. The van der Waals surface area contributed by atoms with Crippen LogP contribution < -0.4 is 4.90 Å². The van der Waals surface area contributed by atoms with E-state index in [1.54, 1.807) is 4.90 Å². The number of hydrogen-bond donors (Lipinski definition) is 1. The molecule has 108 valence electrons. The molecule has 0 bridgehead atoms. The summed E-state index contributed by atoms with van der Waals surface area (Å²) < 4.78 is 0. The van der Waals surface area contributed by atoms with E-state index >= 15 is 0 Å². The van der Waals surface area contributed by atoms with Gasteiger partial charge >= 0.3 is 0 Å². The number of aliphatic hydroxyl groups excluding tert-OH is 1. The molecule has 0 fully saturated rings. The highest BCUT2D eigenvalue weighted by atomic mass is 16.3. The highest BCUT2D eigenvalue weighted by Gasteiger charge is 2.36. The summed E-state index contributed by atoms with van der Waals surface area (Å²) >= 11 is 0. The molecule has 4 nitrogen and oxygen atoms in total. The molecule has 0 atom stereocenters. The Balaban J connectivity index is 2.12. The molecule has 1 aliphatic heterocycles. The number of ketones is 1. The van der Waals surface area contributed by atoms with Gasteiger partial charge in [0.15, 0.2) is 0 Å². The standard InChI is InChI=1S/C16H21NO3/c1-11-9-12(2)14-13(10-11)17(16(20)15(14)19)7-5-3-4-6-8-18/h9-10,18H,3-8H2,1-2H3. The minimum Gasteiger partial charge on any atom is -0.396 e. The lowest BCUT2D eigenvalue weighted by atomic mass is 10.0. The van der Waals surface area contributed by atoms with E-state index < -0.39 is 5.91 Å². The molecule has 1 aliphatic rings. The predicted octanol–water partition coefficient (Wildman–Crippen LogP) is 2.39. The maximum atomic E-state index is 12.1. The lowest BCUT2D eigenvalue weighted by molar-refractivity contribution is -0.114. The SMILES string of the molecule is Cc1cc(C)c2c(c1)N(CCCCCCO)C(=O)C2=O. The second-order valence-corrected chi connectivity index (χ2v) is 5.40. The zero-order valence-electron chi connectivity index (χ0n) is 12.1. The van der Waals surface area contributed by atoms with E-state index in [4.69, 9.17) is 5.11 Å². The number of aryl methyl sites for hydroxylation is 2. The third kappa shape index (κ3) is 2.75. The van der Waals surface area contributed by atoms with E-state index in [0.29, 0.717) is 12.1 Å². The lowest BCUT2D eigenvalue weighted by Crippen LogP contribution is -2.30. The highest BCUT2D eigenvalue weighted by molar-refractivity contribution is 6.52. The van der Waals surface area contributed by atoms with Crippen molar-refractivity contribution in [1.82, 2.24) is 0 Å². The van der Waals surface area contributed by atoms with Crippen molar-refractivity contribution in [2.75, 3.05) is 18.1 Å². The molecule has 1 amide bonds. The Morgan fingerprint density at radius 2 is 1.75 bits per heavy atom. The Kier molecular flexibility index (Phi) is 4.55. The zero-order valence-corrected chi connectivity index (χ0v) is 12.1. The van der Waals surface area contributed by atoms with Gasteiger partial charge in [0.25, 0.3) is 11.7 Å². The molecule has 1 aromatic rings. The van der Waals surface area contributed by atoms with Gasteiger partial charge in [-0.1, -0.05) is 18.9 Å². The Morgan fingerprint density at radius 3 is 2.45 bits per heavy atom. The molecule has 1 aromatic carbocycles. The number of fused-ring (bicyclic) bond motifs is 1. The highest BCUT2D eigenvalue weighted by Crippen LogP contribution is 2.32. The van der Waals surface area contributed by atoms with Crippen molar-refractivity contribution in [3.8, 4) is 0 Å². The summed E-state index contributed by atoms with van der Waals surface area (Å²) in [6.45, 7) is 4.63. The average molecular weight is 275 g/mol. The normalized spacial score (nSPS) is 14.1. The number of hydrogen-bond acceptors (Lipinski definition) is 3. The van der Waals surface area contributed by atoms with Gasteiger partial charge in [-0.05, 0) is 43.9 Å². The van der Waals surface area contributed by atoms with Crippen molar-refractivity contribution < 1.29 is 14.7 Å². The number of aliphatic hydroxyl groups is 1. The van der Waals surface area contributed by atoms with Crippen LogP contribution in [0.2, 0.25) is 0 Å². The van der Waals surface area contributed by atoms with Crippen molar-refractivity contribution in [3.05, 3.63) is 28.8 Å². The predicted molar refractivity (Wildman–Crippen MR) is 78.2 cm³/mol. The molecule has 20 heavy (non-hydrogen) atoms. The van der Waals surface area contributed by atoms with Gasteiger partial charge in [-0.15, -0.1) is 0 Å². The number of carbonyl (C=O) groups is 2. The van der Waals surface area contributed by atoms with Gasteiger partial charge in [-0.25, -0.2) is 0 Å². The van der Waals surface area contributed by atoms with Crippen LogP contribution in [0.25, 0.3) is 0 Å².